The van der Waals surface area contributed by atoms with E-state index in [2.05, 4.69) is 0 Å². The Hall–Kier alpha value is -2.38. The van der Waals surface area contributed by atoms with Crippen molar-refractivity contribution in [3.63, 3.8) is 0 Å². The molecule has 0 saturated carbocycles. The van der Waals surface area contributed by atoms with Crippen molar-refractivity contribution in [1.29, 1.82) is 0 Å². The van der Waals surface area contributed by atoms with Gasteiger partial charge >= 0.3 is 5.97 Å². The Balaban J connectivity index is 1.90. The third-order valence-corrected chi connectivity index (χ3v) is 5.16. The molecule has 116 valence electrons. The summed E-state index contributed by atoms with van der Waals surface area (Å²) in [5, 5.41) is 10.7. The lowest BCUT2D eigenvalue weighted by Gasteiger charge is -2.00. The second kappa shape index (κ2) is 6.02. The van der Waals surface area contributed by atoms with Gasteiger partial charge in [-0.1, -0.05) is 12.1 Å². The van der Waals surface area contributed by atoms with Crippen LogP contribution in [-0.4, -0.2) is 34.2 Å². The van der Waals surface area contributed by atoms with Crippen LogP contribution in [0.1, 0.15) is 15.2 Å². The molecule has 1 aromatic heterocycles. The van der Waals surface area contributed by atoms with Crippen molar-refractivity contribution in [3.8, 4) is 11.1 Å². The number of aromatic carboxylic acids is 1. The Bertz CT molecular complexity index is 853. The molecule has 0 aliphatic carbocycles. The van der Waals surface area contributed by atoms with E-state index in [0.717, 1.165) is 32.7 Å². The molecule has 1 aliphatic rings. The summed E-state index contributed by atoms with van der Waals surface area (Å²) < 4.78 is 0. The van der Waals surface area contributed by atoms with E-state index >= 15 is 0 Å². The number of likely N-dealkylation sites (N-methyl/N-ethyl adjacent to an activating group) is 1. The van der Waals surface area contributed by atoms with E-state index in [1.165, 1.54) is 24.5 Å². The standard InChI is InChI=1S/C16H11NO4S2/c1-17-14(18)13(23-16(17)21)7-12-6-11(8-22-12)9-3-2-4-10(5-9)15(19)20/h2-8H,1H3,(H,19,20). The molecular weight excluding hydrogens is 334 g/mol. The molecule has 2 heterocycles. The fraction of sp³-hybridized carbons (Fsp3) is 0.0625. The Morgan fingerprint density at radius 3 is 2.65 bits per heavy atom. The molecule has 5 nitrogen and oxygen atoms in total. The number of thioether (sulfide) groups is 1. The number of imide groups is 1. The zero-order valence-electron chi connectivity index (χ0n) is 12.0. The molecule has 1 saturated heterocycles. The summed E-state index contributed by atoms with van der Waals surface area (Å²) >= 11 is 2.35. The predicted molar refractivity (Wildman–Crippen MR) is 90.4 cm³/mol. The summed E-state index contributed by atoms with van der Waals surface area (Å²) in [5.74, 6) is -1.28. The smallest absolute Gasteiger partial charge is 0.335 e. The van der Waals surface area contributed by atoms with E-state index < -0.39 is 5.97 Å². The Labute approximate surface area is 140 Å². The van der Waals surface area contributed by atoms with E-state index in [-0.39, 0.29) is 16.7 Å². The number of carbonyl (C=O) groups excluding carboxylic acids is 2. The average Bonchev–Trinajstić information content (AvgIpc) is 3.09. The van der Waals surface area contributed by atoms with Gasteiger partial charge in [-0.2, -0.15) is 0 Å². The molecule has 1 N–H and O–H groups in total. The fourth-order valence-electron chi connectivity index (χ4n) is 2.09. The van der Waals surface area contributed by atoms with Gasteiger partial charge in [-0.3, -0.25) is 14.5 Å². The second-order valence-corrected chi connectivity index (χ2v) is 6.80. The highest BCUT2D eigenvalue weighted by molar-refractivity contribution is 8.18. The number of hydrogen-bond donors (Lipinski definition) is 1. The minimum Gasteiger partial charge on any atom is -0.478 e. The quantitative estimate of drug-likeness (QED) is 0.857. The van der Waals surface area contributed by atoms with E-state index in [0.29, 0.717) is 4.91 Å². The number of amides is 2. The molecule has 0 spiro atoms. The number of nitrogens with zero attached hydrogens (tertiary/aromatic N) is 1. The molecule has 23 heavy (non-hydrogen) atoms. The van der Waals surface area contributed by atoms with Gasteiger partial charge in [0.15, 0.2) is 0 Å². The first-order chi connectivity index (χ1) is 11.0. The molecule has 0 radical (unpaired) electrons. The summed E-state index contributed by atoms with van der Waals surface area (Å²) in [4.78, 5) is 36.7. The van der Waals surface area contributed by atoms with E-state index in [9.17, 15) is 14.4 Å². The lowest BCUT2D eigenvalue weighted by atomic mass is 10.1. The first-order valence-electron chi connectivity index (χ1n) is 6.59. The summed E-state index contributed by atoms with van der Waals surface area (Å²) in [5.41, 5.74) is 1.90. The molecule has 1 aliphatic heterocycles. The van der Waals surface area contributed by atoms with Gasteiger partial charge in [0.05, 0.1) is 10.5 Å². The predicted octanol–water partition coefficient (Wildman–Crippen LogP) is 3.78. The average molecular weight is 345 g/mol. The Morgan fingerprint density at radius 1 is 1.22 bits per heavy atom. The van der Waals surface area contributed by atoms with Crippen molar-refractivity contribution in [1.82, 2.24) is 4.90 Å². The van der Waals surface area contributed by atoms with E-state index in [4.69, 9.17) is 5.11 Å². The third kappa shape index (κ3) is 3.06. The molecule has 0 bridgehead atoms. The van der Waals surface area contributed by atoms with Gasteiger partial charge in [0, 0.05) is 11.9 Å². The lowest BCUT2D eigenvalue weighted by molar-refractivity contribution is -0.121. The minimum atomic E-state index is -0.973. The van der Waals surface area contributed by atoms with Crippen LogP contribution in [-0.2, 0) is 4.79 Å². The maximum atomic E-state index is 11.9. The van der Waals surface area contributed by atoms with Gasteiger partial charge in [0.25, 0.3) is 11.1 Å². The maximum Gasteiger partial charge on any atom is 0.335 e. The van der Waals surface area contributed by atoms with Gasteiger partial charge < -0.3 is 5.11 Å². The van der Waals surface area contributed by atoms with Crippen LogP contribution < -0.4 is 0 Å². The van der Waals surface area contributed by atoms with Crippen molar-refractivity contribution in [2.24, 2.45) is 0 Å². The van der Waals surface area contributed by atoms with Crippen LogP contribution in [0, 0.1) is 0 Å². The Kier molecular flexibility index (Phi) is 4.06. The van der Waals surface area contributed by atoms with Crippen molar-refractivity contribution in [2.75, 3.05) is 7.05 Å². The van der Waals surface area contributed by atoms with Gasteiger partial charge in [-0.05, 0) is 52.5 Å². The number of thiophene rings is 1. The van der Waals surface area contributed by atoms with Crippen LogP contribution in [0.2, 0.25) is 0 Å². The van der Waals surface area contributed by atoms with Crippen LogP contribution in [0.3, 0.4) is 0 Å². The molecule has 3 rings (SSSR count). The van der Waals surface area contributed by atoms with Crippen LogP contribution in [0.5, 0.6) is 0 Å². The lowest BCUT2D eigenvalue weighted by Crippen LogP contribution is -2.22. The topological polar surface area (TPSA) is 74.7 Å². The zero-order valence-corrected chi connectivity index (χ0v) is 13.6. The zero-order chi connectivity index (χ0) is 16.6. The first-order valence-corrected chi connectivity index (χ1v) is 8.29. The maximum absolute atomic E-state index is 11.9. The molecule has 1 fully saturated rings. The van der Waals surface area contributed by atoms with Gasteiger partial charge in [0.1, 0.15) is 0 Å². The van der Waals surface area contributed by atoms with Crippen molar-refractivity contribution < 1.29 is 19.5 Å². The molecule has 1 aromatic carbocycles. The normalized spacial score (nSPS) is 16.4. The van der Waals surface area contributed by atoms with Gasteiger partial charge in [0.2, 0.25) is 0 Å². The van der Waals surface area contributed by atoms with Crippen molar-refractivity contribution in [3.05, 3.63) is 51.1 Å². The van der Waals surface area contributed by atoms with Gasteiger partial charge in [-0.15, -0.1) is 11.3 Å². The van der Waals surface area contributed by atoms with Crippen LogP contribution >= 0.6 is 23.1 Å². The Morgan fingerprint density at radius 2 is 2.00 bits per heavy atom. The number of benzene rings is 1. The number of carbonyl (C=O) groups is 3. The number of hydrogen-bond acceptors (Lipinski definition) is 5. The summed E-state index contributed by atoms with van der Waals surface area (Å²) in [6.45, 7) is 0. The first kappa shape index (κ1) is 15.5. The second-order valence-electron chi connectivity index (χ2n) is 4.86. The highest BCUT2D eigenvalue weighted by Gasteiger charge is 2.31. The highest BCUT2D eigenvalue weighted by Crippen LogP contribution is 2.34. The van der Waals surface area contributed by atoms with Crippen LogP contribution in [0.25, 0.3) is 17.2 Å². The molecule has 0 unspecified atom stereocenters. The SMILES string of the molecule is CN1C(=O)SC(=Cc2cc(-c3cccc(C(=O)O)c3)cs2)C1=O. The van der Waals surface area contributed by atoms with E-state index in [1.807, 2.05) is 17.5 Å². The molecule has 2 aromatic rings. The third-order valence-electron chi connectivity index (χ3n) is 3.32. The summed E-state index contributed by atoms with van der Waals surface area (Å²) in [6.07, 6.45) is 1.68. The number of rotatable bonds is 3. The highest BCUT2D eigenvalue weighted by atomic mass is 32.2. The van der Waals surface area contributed by atoms with Crippen LogP contribution in [0.4, 0.5) is 4.79 Å². The largest absolute Gasteiger partial charge is 0.478 e. The monoisotopic (exact) mass is 345 g/mol. The van der Waals surface area contributed by atoms with E-state index in [1.54, 1.807) is 18.2 Å². The molecular formula is C16H11NO4S2. The fourth-order valence-corrected chi connectivity index (χ4v) is 3.83. The number of carboxylic acid groups (broad SMARTS) is 1. The van der Waals surface area contributed by atoms with Crippen molar-refractivity contribution in [2.45, 2.75) is 0 Å². The number of carboxylic acids is 1. The minimum absolute atomic E-state index is 0.224. The van der Waals surface area contributed by atoms with Crippen LogP contribution in [0.15, 0.2) is 40.6 Å². The van der Waals surface area contributed by atoms with Gasteiger partial charge in [-0.25, -0.2) is 4.79 Å². The molecule has 7 heteroatoms. The summed E-state index contributed by atoms with van der Waals surface area (Å²) in [6, 6.07) is 8.54. The molecule has 0 atom stereocenters. The molecule has 2 amide bonds. The van der Waals surface area contributed by atoms with Crippen molar-refractivity contribution >= 4 is 46.3 Å². The summed E-state index contributed by atoms with van der Waals surface area (Å²) in [7, 11) is 1.45.